The minimum absolute atomic E-state index is 0. The van der Waals surface area contributed by atoms with Gasteiger partial charge in [-0.2, -0.15) is 0 Å². The molecule has 0 unspecified atom stereocenters. The number of hydrogen-bond donors (Lipinski definition) is 1. The summed E-state index contributed by atoms with van der Waals surface area (Å²) in [5, 5.41) is 1.20. The number of aromatic amines is 1. The van der Waals surface area contributed by atoms with Gasteiger partial charge in [0.1, 0.15) is 5.82 Å². The largest absolute Gasteiger partial charge is 0.349 e. The number of halogens is 1. The highest BCUT2D eigenvalue weighted by Gasteiger charge is 1.86. The Kier molecular flexibility index (Phi) is 9.97. The number of benzene rings is 1. The van der Waals surface area contributed by atoms with Gasteiger partial charge in [0.05, 0.1) is 5.52 Å². The van der Waals surface area contributed by atoms with Crippen LogP contribution in [0.15, 0.2) is 55.0 Å². The molecule has 1 N–H and O–H groups in total. The lowest BCUT2D eigenvalue weighted by atomic mass is 10.2. The Morgan fingerprint density at radius 2 is 1.60 bits per heavy atom. The first-order valence-electron chi connectivity index (χ1n) is 6.53. The van der Waals surface area contributed by atoms with Crippen LogP contribution in [0.1, 0.15) is 26.1 Å². The van der Waals surface area contributed by atoms with Crippen LogP contribution in [0.2, 0.25) is 0 Å². The summed E-state index contributed by atoms with van der Waals surface area (Å²) in [5.74, 6) is 0.968. The maximum Gasteiger partial charge on any atom is 0.102 e. The van der Waals surface area contributed by atoms with Crippen molar-refractivity contribution in [1.29, 1.82) is 0 Å². The van der Waals surface area contributed by atoms with Crippen LogP contribution in [0.4, 0.5) is 0 Å². The molecule has 2 heterocycles. The fourth-order valence-electron chi connectivity index (χ4n) is 1.36. The zero-order valence-electron chi connectivity index (χ0n) is 12.2. The van der Waals surface area contributed by atoms with Gasteiger partial charge in [0.2, 0.25) is 0 Å². The highest BCUT2D eigenvalue weighted by molar-refractivity contribution is 5.85. The second-order valence-electron chi connectivity index (χ2n) is 4.08. The van der Waals surface area contributed by atoms with Gasteiger partial charge in [0, 0.05) is 24.0 Å². The lowest BCUT2D eigenvalue weighted by Crippen LogP contribution is -1.73. The first kappa shape index (κ1) is 18.1. The number of hydrogen-bond acceptors (Lipinski definition) is 2. The van der Waals surface area contributed by atoms with Crippen molar-refractivity contribution < 1.29 is 0 Å². The van der Waals surface area contributed by atoms with Gasteiger partial charge in [-0.1, -0.05) is 44.5 Å². The molecule has 0 aliphatic heterocycles. The average molecular weight is 292 g/mol. The standard InChI is InChI=1S/C9H7N.C4H6N2.C3H8.ClH/c1-2-6-9-8(4-1)5-3-7-10-9;1-4-5-2-3-6-4;1-3-2;/h1-7H;2-3H,1H3,(H,5,6);3H2,1-2H3;1H. The van der Waals surface area contributed by atoms with Crippen LogP contribution in [0.25, 0.3) is 10.9 Å². The fraction of sp³-hybridized carbons (Fsp3) is 0.250. The predicted molar refractivity (Wildman–Crippen MR) is 88.3 cm³/mol. The van der Waals surface area contributed by atoms with Crippen LogP contribution < -0.4 is 0 Å². The number of nitrogens with one attached hydrogen (secondary N) is 1. The minimum Gasteiger partial charge on any atom is -0.349 e. The molecule has 0 spiro atoms. The summed E-state index contributed by atoms with van der Waals surface area (Å²) in [5.41, 5.74) is 1.06. The first-order valence-corrected chi connectivity index (χ1v) is 6.53. The van der Waals surface area contributed by atoms with Crippen LogP contribution in [0.3, 0.4) is 0 Å². The summed E-state index contributed by atoms with van der Waals surface area (Å²) in [4.78, 5) is 10.9. The molecule has 3 nitrogen and oxygen atoms in total. The lowest BCUT2D eigenvalue weighted by Gasteiger charge is -1.91. The van der Waals surface area contributed by atoms with Crippen molar-refractivity contribution in [3.63, 3.8) is 0 Å². The topological polar surface area (TPSA) is 41.6 Å². The molecule has 2 aromatic heterocycles. The zero-order chi connectivity index (χ0) is 13.9. The number of rotatable bonds is 0. The third-order valence-corrected chi connectivity index (χ3v) is 2.15. The van der Waals surface area contributed by atoms with E-state index in [9.17, 15) is 0 Å². The van der Waals surface area contributed by atoms with Gasteiger partial charge < -0.3 is 4.98 Å². The number of pyridine rings is 1. The van der Waals surface area contributed by atoms with Crippen molar-refractivity contribution in [2.24, 2.45) is 0 Å². The molecule has 20 heavy (non-hydrogen) atoms. The monoisotopic (exact) mass is 291 g/mol. The molecular weight excluding hydrogens is 270 g/mol. The molecule has 0 saturated heterocycles. The maximum atomic E-state index is 4.18. The van der Waals surface area contributed by atoms with Gasteiger partial charge in [-0.3, -0.25) is 4.98 Å². The van der Waals surface area contributed by atoms with Crippen molar-refractivity contribution in [2.75, 3.05) is 0 Å². The third kappa shape index (κ3) is 6.90. The highest BCUT2D eigenvalue weighted by atomic mass is 35.5. The van der Waals surface area contributed by atoms with E-state index in [4.69, 9.17) is 0 Å². The molecule has 4 heteroatoms. The van der Waals surface area contributed by atoms with E-state index in [1.54, 1.807) is 12.4 Å². The summed E-state index contributed by atoms with van der Waals surface area (Å²) in [6.45, 7) is 6.17. The predicted octanol–water partition coefficient (Wildman–Crippen LogP) is 4.79. The number of para-hydroxylation sites is 1. The average Bonchev–Trinajstić information content (AvgIpc) is 2.92. The molecule has 0 atom stereocenters. The van der Waals surface area contributed by atoms with Crippen LogP contribution >= 0.6 is 12.4 Å². The second kappa shape index (κ2) is 11.0. The molecule has 3 rings (SSSR count). The molecule has 0 aliphatic rings. The Morgan fingerprint density at radius 1 is 0.950 bits per heavy atom. The van der Waals surface area contributed by atoms with E-state index in [0.717, 1.165) is 11.3 Å². The number of aromatic nitrogens is 3. The molecule has 0 radical (unpaired) electrons. The van der Waals surface area contributed by atoms with E-state index in [1.165, 1.54) is 11.8 Å². The second-order valence-corrected chi connectivity index (χ2v) is 4.08. The number of fused-ring (bicyclic) bond motifs is 1. The molecule has 0 aliphatic carbocycles. The normalized spacial score (nSPS) is 8.55. The molecule has 0 bridgehead atoms. The molecule has 0 fully saturated rings. The van der Waals surface area contributed by atoms with Gasteiger partial charge in [-0.25, -0.2) is 4.98 Å². The zero-order valence-corrected chi connectivity index (χ0v) is 13.0. The van der Waals surface area contributed by atoms with Gasteiger partial charge in [-0.05, 0) is 19.1 Å². The van der Waals surface area contributed by atoms with E-state index in [-0.39, 0.29) is 12.4 Å². The van der Waals surface area contributed by atoms with Crippen LogP contribution in [0, 0.1) is 6.92 Å². The first-order chi connectivity index (χ1) is 9.27. The number of imidazole rings is 1. The fourth-order valence-corrected chi connectivity index (χ4v) is 1.36. The van der Waals surface area contributed by atoms with E-state index >= 15 is 0 Å². The van der Waals surface area contributed by atoms with Crippen molar-refractivity contribution in [3.05, 3.63) is 60.8 Å². The quantitative estimate of drug-likeness (QED) is 0.647. The molecule has 1 aromatic carbocycles. The summed E-state index contributed by atoms with van der Waals surface area (Å²) < 4.78 is 0. The summed E-state index contributed by atoms with van der Waals surface area (Å²) in [6.07, 6.45) is 6.59. The Bertz CT molecular complexity index is 499. The van der Waals surface area contributed by atoms with Crippen molar-refractivity contribution in [1.82, 2.24) is 15.0 Å². The maximum absolute atomic E-state index is 4.18. The van der Waals surface area contributed by atoms with Crippen LogP contribution in [-0.4, -0.2) is 15.0 Å². The van der Waals surface area contributed by atoms with E-state index in [1.807, 2.05) is 37.4 Å². The third-order valence-electron chi connectivity index (χ3n) is 2.15. The molecule has 3 aromatic rings. The minimum atomic E-state index is 0. The highest BCUT2D eigenvalue weighted by Crippen LogP contribution is 2.07. The lowest BCUT2D eigenvalue weighted by molar-refractivity contribution is 1.09. The van der Waals surface area contributed by atoms with Gasteiger partial charge in [0.25, 0.3) is 0 Å². The Balaban J connectivity index is 0.000000313. The number of aryl methyl sites for hydroxylation is 1. The molecule has 0 amide bonds. The van der Waals surface area contributed by atoms with Crippen LogP contribution in [-0.2, 0) is 0 Å². The number of nitrogens with zero attached hydrogens (tertiary/aromatic N) is 2. The Hall–Kier alpha value is -1.87. The Morgan fingerprint density at radius 3 is 2.10 bits per heavy atom. The van der Waals surface area contributed by atoms with Gasteiger partial charge >= 0.3 is 0 Å². The summed E-state index contributed by atoms with van der Waals surface area (Å²) >= 11 is 0. The van der Waals surface area contributed by atoms with Crippen LogP contribution in [0.5, 0.6) is 0 Å². The van der Waals surface area contributed by atoms with E-state index in [0.29, 0.717) is 0 Å². The SMILES string of the molecule is CCC.Cc1ncc[nH]1.Cl.c1ccc2ncccc2c1. The Labute approximate surface area is 126 Å². The molecule has 108 valence electrons. The summed E-state index contributed by atoms with van der Waals surface area (Å²) in [6, 6.07) is 12.1. The van der Waals surface area contributed by atoms with E-state index < -0.39 is 0 Å². The van der Waals surface area contributed by atoms with Crippen molar-refractivity contribution >= 4 is 23.3 Å². The number of H-pyrrole nitrogens is 1. The van der Waals surface area contributed by atoms with Gasteiger partial charge in [-0.15, -0.1) is 12.4 Å². The van der Waals surface area contributed by atoms with Crippen molar-refractivity contribution in [2.45, 2.75) is 27.2 Å². The summed E-state index contributed by atoms with van der Waals surface area (Å²) in [7, 11) is 0. The molecular formula is C16H22ClN3. The van der Waals surface area contributed by atoms with Gasteiger partial charge in [0.15, 0.2) is 0 Å². The smallest absolute Gasteiger partial charge is 0.102 e. The van der Waals surface area contributed by atoms with Crippen molar-refractivity contribution in [3.8, 4) is 0 Å². The molecule has 0 saturated carbocycles. The van der Waals surface area contributed by atoms with E-state index in [2.05, 4.69) is 40.9 Å².